The van der Waals surface area contributed by atoms with Gasteiger partial charge in [0, 0.05) is 28.8 Å². The monoisotopic (exact) mass is 475 g/mol. The molecule has 0 spiro atoms. The summed E-state index contributed by atoms with van der Waals surface area (Å²) in [6, 6.07) is 13.5. The van der Waals surface area contributed by atoms with Crippen molar-refractivity contribution in [3.8, 4) is 16.9 Å². The molecule has 0 aliphatic heterocycles. The van der Waals surface area contributed by atoms with Crippen molar-refractivity contribution in [3.63, 3.8) is 0 Å². The van der Waals surface area contributed by atoms with Crippen LogP contribution < -0.4 is 10.1 Å². The molecule has 0 bridgehead atoms. The lowest BCUT2D eigenvalue weighted by molar-refractivity contribution is 0.406. The quantitative estimate of drug-likeness (QED) is 0.278. The van der Waals surface area contributed by atoms with Gasteiger partial charge in [-0.2, -0.15) is 0 Å². The Hall–Kier alpha value is -3.54. The minimum atomic E-state index is -0.596. The van der Waals surface area contributed by atoms with Gasteiger partial charge in [-0.05, 0) is 65.6 Å². The third-order valence-corrected chi connectivity index (χ3v) is 6.82. The number of aromatic nitrogens is 2. The van der Waals surface area contributed by atoms with Gasteiger partial charge in [-0.15, -0.1) is 0 Å². The smallest absolute Gasteiger partial charge is 0.141 e. The van der Waals surface area contributed by atoms with Crippen molar-refractivity contribution < 1.29 is 13.5 Å². The third kappa shape index (κ3) is 4.97. The highest BCUT2D eigenvalue weighted by Gasteiger charge is 2.17. The Morgan fingerprint density at radius 3 is 2.31 bits per heavy atom. The minimum Gasteiger partial charge on any atom is -0.496 e. The van der Waals surface area contributed by atoms with Crippen molar-refractivity contribution >= 4 is 22.4 Å². The highest BCUT2D eigenvalue weighted by Crippen LogP contribution is 2.38. The molecule has 0 aliphatic carbocycles. The van der Waals surface area contributed by atoms with Crippen LogP contribution in [-0.2, 0) is 0 Å². The second kappa shape index (κ2) is 10.4. The van der Waals surface area contributed by atoms with E-state index in [0.717, 1.165) is 52.4 Å². The Labute approximate surface area is 205 Å². The summed E-state index contributed by atoms with van der Waals surface area (Å²) < 4.78 is 33.7. The Balaban J connectivity index is 1.86. The van der Waals surface area contributed by atoms with E-state index in [1.165, 1.54) is 18.5 Å². The molecule has 35 heavy (non-hydrogen) atoms. The summed E-state index contributed by atoms with van der Waals surface area (Å²) in [5, 5.41) is 4.39. The fourth-order valence-corrected chi connectivity index (χ4v) is 4.31. The van der Waals surface area contributed by atoms with E-state index in [4.69, 9.17) is 4.74 Å². The number of nitrogens with one attached hydrogen (secondary N) is 1. The van der Waals surface area contributed by atoms with Crippen LogP contribution in [-0.4, -0.2) is 17.1 Å². The van der Waals surface area contributed by atoms with Crippen LogP contribution in [0.2, 0.25) is 0 Å². The molecule has 0 saturated carbocycles. The number of hydrogen-bond acceptors (Lipinski definition) is 4. The number of hydrogen-bond donors (Lipinski definition) is 1. The molecule has 0 amide bonds. The van der Waals surface area contributed by atoms with Crippen LogP contribution in [0.1, 0.15) is 63.5 Å². The van der Waals surface area contributed by atoms with E-state index in [0.29, 0.717) is 22.9 Å². The lowest BCUT2D eigenvalue weighted by Crippen LogP contribution is -2.04. The van der Waals surface area contributed by atoms with Gasteiger partial charge in [0.1, 0.15) is 29.5 Å². The van der Waals surface area contributed by atoms with Gasteiger partial charge >= 0.3 is 0 Å². The van der Waals surface area contributed by atoms with Crippen LogP contribution in [0.15, 0.2) is 54.9 Å². The lowest BCUT2D eigenvalue weighted by atomic mass is 9.93. The predicted octanol–water partition coefficient (Wildman–Crippen LogP) is 8.35. The van der Waals surface area contributed by atoms with Gasteiger partial charge in [-0.25, -0.2) is 18.7 Å². The number of nitrogens with zero attached hydrogens (tertiary/aromatic N) is 2. The zero-order chi connectivity index (χ0) is 25.1. The first-order valence-electron chi connectivity index (χ1n) is 12.0. The average Bonchev–Trinajstić information content (AvgIpc) is 2.87. The Morgan fingerprint density at radius 1 is 0.886 bits per heavy atom. The molecular formula is C29H31F2N3O. The maximum Gasteiger partial charge on any atom is 0.141 e. The molecule has 4 aromatic rings. The fourth-order valence-electron chi connectivity index (χ4n) is 4.31. The lowest BCUT2D eigenvalue weighted by Gasteiger charge is -2.20. The van der Waals surface area contributed by atoms with Crippen LogP contribution in [0.5, 0.6) is 5.75 Å². The van der Waals surface area contributed by atoms with Crippen molar-refractivity contribution in [2.24, 2.45) is 0 Å². The van der Waals surface area contributed by atoms with Crippen molar-refractivity contribution in [1.29, 1.82) is 0 Å². The number of fused-ring (bicyclic) bond motifs is 1. The van der Waals surface area contributed by atoms with Crippen LogP contribution in [0, 0.1) is 11.6 Å². The summed E-state index contributed by atoms with van der Waals surface area (Å²) in [5.41, 5.74) is 4.82. The van der Waals surface area contributed by atoms with Gasteiger partial charge < -0.3 is 10.1 Å². The SMILES string of the molecule is CCC(C)c1ccc(-c2ccc(F)cc2F)cc1Nc1ncnc2cc(OC)c(C(C)CC)cc12. The maximum absolute atomic E-state index is 14.6. The predicted molar refractivity (Wildman–Crippen MR) is 139 cm³/mol. The number of benzene rings is 3. The number of methoxy groups -OCH3 is 1. The number of halogens is 2. The van der Waals surface area contributed by atoms with Crippen molar-refractivity contribution in [3.05, 3.63) is 77.6 Å². The van der Waals surface area contributed by atoms with Crippen molar-refractivity contribution in [1.82, 2.24) is 9.97 Å². The fraction of sp³-hybridized carbons (Fsp3) is 0.310. The first-order valence-corrected chi connectivity index (χ1v) is 12.0. The number of rotatable bonds is 8. The molecule has 3 aromatic carbocycles. The van der Waals surface area contributed by atoms with Gasteiger partial charge in [0.2, 0.25) is 0 Å². The average molecular weight is 476 g/mol. The van der Waals surface area contributed by atoms with E-state index < -0.39 is 11.6 Å². The summed E-state index contributed by atoms with van der Waals surface area (Å²) in [6.07, 6.45) is 3.44. The van der Waals surface area contributed by atoms with Crippen LogP contribution in [0.25, 0.3) is 22.0 Å². The minimum absolute atomic E-state index is 0.272. The maximum atomic E-state index is 14.6. The summed E-state index contributed by atoms with van der Waals surface area (Å²) >= 11 is 0. The molecule has 1 heterocycles. The molecule has 0 saturated heterocycles. The largest absolute Gasteiger partial charge is 0.496 e. The number of anilines is 2. The Morgan fingerprint density at radius 2 is 1.63 bits per heavy atom. The van der Waals surface area contributed by atoms with Crippen LogP contribution in [0.3, 0.4) is 0 Å². The van der Waals surface area contributed by atoms with Gasteiger partial charge in [0.05, 0.1) is 12.6 Å². The molecule has 182 valence electrons. The molecule has 1 aromatic heterocycles. The topological polar surface area (TPSA) is 47.0 Å². The molecule has 1 N–H and O–H groups in total. The van der Waals surface area contributed by atoms with Crippen molar-refractivity contribution in [2.45, 2.75) is 52.4 Å². The second-order valence-corrected chi connectivity index (χ2v) is 9.00. The van der Waals surface area contributed by atoms with Crippen LogP contribution >= 0.6 is 0 Å². The number of ether oxygens (including phenoxy) is 1. The highest BCUT2D eigenvalue weighted by molar-refractivity contribution is 5.93. The van der Waals surface area contributed by atoms with Crippen LogP contribution in [0.4, 0.5) is 20.3 Å². The highest BCUT2D eigenvalue weighted by atomic mass is 19.1. The summed E-state index contributed by atoms with van der Waals surface area (Å²) in [7, 11) is 1.67. The zero-order valence-electron chi connectivity index (χ0n) is 20.8. The summed E-state index contributed by atoms with van der Waals surface area (Å²) in [6.45, 7) is 8.60. The molecule has 2 unspecified atom stereocenters. The molecule has 4 nitrogen and oxygen atoms in total. The first kappa shape index (κ1) is 24.6. The molecule has 0 radical (unpaired) electrons. The van der Waals surface area contributed by atoms with E-state index >= 15 is 0 Å². The summed E-state index contributed by atoms with van der Waals surface area (Å²) in [4.78, 5) is 9.02. The van der Waals surface area contributed by atoms with Gasteiger partial charge in [-0.3, -0.25) is 0 Å². The van der Waals surface area contributed by atoms with E-state index in [1.54, 1.807) is 7.11 Å². The molecule has 0 fully saturated rings. The molecular weight excluding hydrogens is 444 g/mol. The van der Waals surface area contributed by atoms with Crippen molar-refractivity contribution in [2.75, 3.05) is 12.4 Å². The standard InChI is InChI=1S/C29H31F2N3O/c1-6-17(3)21-10-8-19(22-11-9-20(30)13-25(22)31)12-27(21)34-29-24-14-23(18(4)7-2)28(35-5)15-26(24)32-16-33-29/h8-18H,6-7H2,1-5H3,(H,32,33,34). The zero-order valence-corrected chi connectivity index (χ0v) is 20.8. The summed E-state index contributed by atoms with van der Waals surface area (Å²) in [5.74, 6) is 0.872. The normalized spacial score (nSPS) is 13.0. The van der Waals surface area contributed by atoms with E-state index in [-0.39, 0.29) is 5.92 Å². The Bertz CT molecular complexity index is 1360. The van der Waals surface area contributed by atoms with Gasteiger partial charge in [0.25, 0.3) is 0 Å². The van der Waals surface area contributed by atoms with E-state index in [1.807, 2.05) is 24.3 Å². The van der Waals surface area contributed by atoms with Gasteiger partial charge in [0.15, 0.2) is 0 Å². The first-order chi connectivity index (χ1) is 16.9. The van der Waals surface area contributed by atoms with Gasteiger partial charge in [-0.1, -0.05) is 39.8 Å². The molecule has 2 atom stereocenters. The third-order valence-electron chi connectivity index (χ3n) is 6.82. The van der Waals surface area contributed by atoms with E-state index in [2.05, 4.69) is 49.0 Å². The molecule has 6 heteroatoms. The van der Waals surface area contributed by atoms with E-state index in [9.17, 15) is 8.78 Å². The molecule has 4 rings (SSSR count). The second-order valence-electron chi connectivity index (χ2n) is 9.00. The molecule has 0 aliphatic rings. The Kier molecular flexibility index (Phi) is 7.29.